The van der Waals surface area contributed by atoms with Crippen molar-refractivity contribution in [2.75, 3.05) is 0 Å². The molecule has 0 saturated heterocycles. The Balaban J connectivity index is 1.95. The summed E-state index contributed by atoms with van der Waals surface area (Å²) in [5, 5.41) is 9.20. The van der Waals surface area contributed by atoms with Crippen LogP contribution in [0.5, 0.6) is 0 Å². The van der Waals surface area contributed by atoms with Gasteiger partial charge in [0.1, 0.15) is 5.01 Å². The van der Waals surface area contributed by atoms with Crippen molar-refractivity contribution in [3.05, 3.63) is 43.9 Å². The van der Waals surface area contributed by atoms with E-state index in [1.54, 1.807) is 11.3 Å². The molecule has 0 aliphatic rings. The van der Waals surface area contributed by atoms with Crippen LogP contribution in [0, 0.1) is 3.01 Å². The van der Waals surface area contributed by atoms with Gasteiger partial charge >= 0.3 is 0 Å². The first kappa shape index (κ1) is 10.0. The topological polar surface area (TPSA) is 25.8 Å². The maximum Gasteiger partial charge on any atom is 0.178 e. The predicted molar refractivity (Wildman–Crippen MR) is 66.5 cm³/mol. The summed E-state index contributed by atoms with van der Waals surface area (Å²) in [7, 11) is 0. The van der Waals surface area contributed by atoms with Crippen molar-refractivity contribution in [2.45, 2.75) is 12.8 Å². The maximum absolute atomic E-state index is 4.09. The van der Waals surface area contributed by atoms with E-state index in [0.29, 0.717) is 0 Å². The number of aryl methyl sites for hydroxylation is 2. The van der Waals surface area contributed by atoms with Crippen molar-refractivity contribution >= 4 is 33.9 Å². The molecule has 1 aromatic heterocycles. The maximum atomic E-state index is 4.09. The first-order valence-electron chi connectivity index (χ1n) is 4.36. The Morgan fingerprint density at radius 3 is 2.50 bits per heavy atom. The summed E-state index contributed by atoms with van der Waals surface area (Å²) in [6.45, 7) is 0. The number of benzene rings is 1. The molecule has 0 amide bonds. The number of rotatable bonds is 3. The Morgan fingerprint density at radius 1 is 1.07 bits per heavy atom. The molecule has 2 rings (SSSR count). The van der Waals surface area contributed by atoms with Gasteiger partial charge in [-0.05, 0) is 34.6 Å². The minimum absolute atomic E-state index is 0.991. The van der Waals surface area contributed by atoms with Crippen molar-refractivity contribution in [3.8, 4) is 0 Å². The standard InChI is InChI=1S/C10H9IN2S/c11-10-13-12-9(14-10)7-6-8-4-2-1-3-5-8/h1-5H,6-7H2. The molecule has 2 nitrogen and oxygen atoms in total. The van der Waals surface area contributed by atoms with Crippen LogP contribution >= 0.6 is 33.9 Å². The third-order valence-electron chi connectivity index (χ3n) is 1.91. The second-order valence-corrected chi connectivity index (χ2v) is 5.75. The van der Waals surface area contributed by atoms with E-state index < -0.39 is 0 Å². The Morgan fingerprint density at radius 2 is 1.86 bits per heavy atom. The largest absolute Gasteiger partial charge is 0.178 e. The Hall–Kier alpha value is -0.490. The molecule has 0 spiro atoms. The quantitative estimate of drug-likeness (QED) is 0.814. The molecule has 0 aliphatic heterocycles. The second-order valence-electron chi connectivity index (χ2n) is 2.93. The highest BCUT2D eigenvalue weighted by Crippen LogP contribution is 2.14. The summed E-state index contributed by atoms with van der Waals surface area (Å²) in [4.78, 5) is 0. The summed E-state index contributed by atoms with van der Waals surface area (Å²) >= 11 is 3.87. The van der Waals surface area contributed by atoms with Crippen molar-refractivity contribution in [1.82, 2.24) is 10.2 Å². The first-order chi connectivity index (χ1) is 6.84. The molecule has 4 heteroatoms. The van der Waals surface area contributed by atoms with E-state index in [4.69, 9.17) is 0 Å². The molecule has 0 bridgehead atoms. The molecule has 0 unspecified atom stereocenters. The normalized spacial score (nSPS) is 10.4. The fraction of sp³-hybridized carbons (Fsp3) is 0.200. The van der Waals surface area contributed by atoms with Crippen LogP contribution in [0.3, 0.4) is 0 Å². The molecule has 1 aromatic carbocycles. The molecular formula is C10H9IN2S. The highest BCUT2D eigenvalue weighted by molar-refractivity contribution is 14.1. The van der Waals surface area contributed by atoms with Gasteiger partial charge in [-0.2, -0.15) is 0 Å². The zero-order valence-corrected chi connectivity index (χ0v) is 10.5. The summed E-state index contributed by atoms with van der Waals surface area (Å²) in [6, 6.07) is 10.5. The van der Waals surface area contributed by atoms with Gasteiger partial charge in [-0.1, -0.05) is 41.7 Å². The monoisotopic (exact) mass is 316 g/mol. The lowest BCUT2D eigenvalue weighted by atomic mass is 10.1. The van der Waals surface area contributed by atoms with E-state index in [-0.39, 0.29) is 0 Å². The van der Waals surface area contributed by atoms with Crippen LogP contribution in [-0.4, -0.2) is 10.2 Å². The van der Waals surface area contributed by atoms with Gasteiger partial charge in [0.2, 0.25) is 0 Å². The van der Waals surface area contributed by atoms with E-state index in [9.17, 15) is 0 Å². The van der Waals surface area contributed by atoms with Crippen molar-refractivity contribution < 1.29 is 0 Å². The van der Waals surface area contributed by atoms with Gasteiger partial charge in [0, 0.05) is 6.42 Å². The zero-order valence-electron chi connectivity index (χ0n) is 7.48. The van der Waals surface area contributed by atoms with E-state index in [2.05, 4.69) is 57.1 Å². The van der Waals surface area contributed by atoms with Gasteiger partial charge in [-0.15, -0.1) is 10.2 Å². The van der Waals surface area contributed by atoms with Gasteiger partial charge in [0.05, 0.1) is 0 Å². The third kappa shape index (κ3) is 2.75. The molecule has 0 atom stereocenters. The lowest BCUT2D eigenvalue weighted by Crippen LogP contribution is -1.89. The number of hydrogen-bond acceptors (Lipinski definition) is 3. The number of halogens is 1. The molecule has 0 aliphatic carbocycles. The average Bonchev–Trinajstić information content (AvgIpc) is 2.63. The zero-order chi connectivity index (χ0) is 9.80. The lowest BCUT2D eigenvalue weighted by molar-refractivity contribution is 0.900. The van der Waals surface area contributed by atoms with Crippen molar-refractivity contribution in [2.24, 2.45) is 0 Å². The third-order valence-corrected chi connectivity index (χ3v) is 3.56. The van der Waals surface area contributed by atoms with Crippen LogP contribution in [0.4, 0.5) is 0 Å². The van der Waals surface area contributed by atoms with E-state index in [1.165, 1.54) is 5.56 Å². The summed E-state index contributed by atoms with van der Waals surface area (Å²) < 4.78 is 1.02. The number of aromatic nitrogens is 2. The fourth-order valence-corrected chi connectivity index (χ4v) is 2.66. The Labute approximate surface area is 101 Å². The first-order valence-corrected chi connectivity index (χ1v) is 6.26. The molecule has 14 heavy (non-hydrogen) atoms. The Bertz CT molecular complexity index is 400. The molecule has 2 aromatic rings. The molecule has 0 saturated carbocycles. The van der Waals surface area contributed by atoms with Crippen LogP contribution in [0.1, 0.15) is 10.6 Å². The SMILES string of the molecule is Ic1nnc(CCc2ccccc2)s1. The van der Waals surface area contributed by atoms with Gasteiger partial charge in [0.15, 0.2) is 3.01 Å². The van der Waals surface area contributed by atoms with Crippen molar-refractivity contribution in [3.63, 3.8) is 0 Å². The Kier molecular flexibility index (Phi) is 3.47. The van der Waals surface area contributed by atoms with Crippen LogP contribution in [0.15, 0.2) is 30.3 Å². The molecule has 0 radical (unpaired) electrons. The molecule has 72 valence electrons. The van der Waals surface area contributed by atoms with Crippen LogP contribution in [0.2, 0.25) is 0 Å². The minimum Gasteiger partial charge on any atom is -0.143 e. The van der Waals surface area contributed by atoms with E-state index in [1.807, 2.05) is 6.07 Å². The lowest BCUT2D eigenvalue weighted by Gasteiger charge is -1.96. The van der Waals surface area contributed by atoms with Gasteiger partial charge in [-0.3, -0.25) is 0 Å². The van der Waals surface area contributed by atoms with Gasteiger partial charge in [0.25, 0.3) is 0 Å². The fourth-order valence-electron chi connectivity index (χ4n) is 1.23. The van der Waals surface area contributed by atoms with E-state index >= 15 is 0 Å². The second kappa shape index (κ2) is 4.84. The molecule has 0 fully saturated rings. The highest BCUT2D eigenvalue weighted by Gasteiger charge is 2.01. The smallest absolute Gasteiger partial charge is 0.143 e. The number of hydrogen-bond donors (Lipinski definition) is 0. The average molecular weight is 316 g/mol. The predicted octanol–water partition coefficient (Wildman–Crippen LogP) is 2.93. The highest BCUT2D eigenvalue weighted by atomic mass is 127. The van der Waals surface area contributed by atoms with Crippen LogP contribution < -0.4 is 0 Å². The summed E-state index contributed by atoms with van der Waals surface area (Å²) in [6.07, 6.45) is 2.04. The molecule has 1 heterocycles. The van der Waals surface area contributed by atoms with E-state index in [0.717, 1.165) is 20.9 Å². The van der Waals surface area contributed by atoms with Gasteiger partial charge < -0.3 is 0 Å². The van der Waals surface area contributed by atoms with Gasteiger partial charge in [-0.25, -0.2) is 0 Å². The van der Waals surface area contributed by atoms with Crippen LogP contribution in [0.25, 0.3) is 0 Å². The summed E-state index contributed by atoms with van der Waals surface area (Å²) in [5.41, 5.74) is 1.36. The van der Waals surface area contributed by atoms with Crippen molar-refractivity contribution in [1.29, 1.82) is 0 Å². The number of nitrogens with zero attached hydrogens (tertiary/aromatic N) is 2. The molecular weight excluding hydrogens is 307 g/mol. The minimum atomic E-state index is 0.991. The molecule has 0 N–H and O–H groups in total. The summed E-state index contributed by atoms with van der Waals surface area (Å²) in [5.74, 6) is 0. The van der Waals surface area contributed by atoms with Crippen LogP contribution in [-0.2, 0) is 12.8 Å².